The van der Waals surface area contributed by atoms with Gasteiger partial charge in [0.15, 0.2) is 0 Å². The fourth-order valence-electron chi connectivity index (χ4n) is 1.05. The van der Waals surface area contributed by atoms with Crippen LogP contribution in [0.15, 0.2) is 48.6 Å². The van der Waals surface area contributed by atoms with Gasteiger partial charge in [-0.3, -0.25) is 4.79 Å². The van der Waals surface area contributed by atoms with Crippen molar-refractivity contribution in [1.29, 1.82) is 0 Å². The third-order valence-electron chi connectivity index (χ3n) is 1.86. The van der Waals surface area contributed by atoms with Crippen LogP contribution in [-0.2, 0) is 4.79 Å². The summed E-state index contributed by atoms with van der Waals surface area (Å²) in [5, 5.41) is 0. The molecule has 0 rings (SSSR count). The van der Waals surface area contributed by atoms with Gasteiger partial charge in [-0.25, -0.2) is 0 Å². The van der Waals surface area contributed by atoms with Gasteiger partial charge in [0.1, 0.15) is 6.29 Å². The van der Waals surface area contributed by atoms with E-state index in [1.165, 1.54) is 25.3 Å². The number of carbonyl (C=O) groups excluding carboxylic acids is 1. The number of hydrogen-bond donors (Lipinski definition) is 0. The van der Waals surface area contributed by atoms with Crippen LogP contribution in [0.25, 0.3) is 0 Å². The summed E-state index contributed by atoms with van der Waals surface area (Å²) in [4.78, 5) is 9.92. The average Bonchev–Trinajstić information content (AvgIpc) is 2.26. The van der Waals surface area contributed by atoms with Gasteiger partial charge < -0.3 is 0 Å². The molecule has 0 aliphatic heterocycles. The van der Waals surface area contributed by atoms with Crippen LogP contribution in [0.2, 0.25) is 0 Å². The molecule has 82 valence electrons. The van der Waals surface area contributed by atoms with E-state index in [1.54, 1.807) is 6.08 Å². The molecule has 0 amide bonds. The van der Waals surface area contributed by atoms with E-state index in [0.717, 1.165) is 12.7 Å². The first-order valence-electron chi connectivity index (χ1n) is 5.52. The quantitative estimate of drug-likeness (QED) is 0.253. The Morgan fingerprint density at radius 3 is 2.00 bits per heavy atom. The van der Waals surface area contributed by atoms with Crippen molar-refractivity contribution in [2.75, 3.05) is 0 Å². The van der Waals surface area contributed by atoms with Crippen LogP contribution in [0.5, 0.6) is 0 Å². The van der Waals surface area contributed by atoms with Crippen molar-refractivity contribution >= 4 is 6.29 Å². The second kappa shape index (κ2) is 12.6. The monoisotopic (exact) mass is 204 g/mol. The van der Waals surface area contributed by atoms with E-state index in [2.05, 4.69) is 19.1 Å². The Morgan fingerprint density at radius 1 is 0.800 bits per heavy atom. The van der Waals surface area contributed by atoms with E-state index < -0.39 is 0 Å². The number of aldehydes is 1. The first kappa shape index (κ1) is 13.6. The molecule has 0 fully saturated rings. The van der Waals surface area contributed by atoms with Crippen LogP contribution < -0.4 is 0 Å². The molecule has 0 bridgehead atoms. The minimum Gasteiger partial charge on any atom is -0.299 e. The van der Waals surface area contributed by atoms with Gasteiger partial charge in [-0.05, 0) is 18.9 Å². The maximum atomic E-state index is 9.92. The second-order valence-corrected chi connectivity index (χ2v) is 3.21. The molecule has 0 aromatic heterocycles. The molecule has 0 aromatic rings. The lowest BCUT2D eigenvalue weighted by Gasteiger charge is -1.89. The van der Waals surface area contributed by atoms with Gasteiger partial charge in [0.2, 0.25) is 0 Å². The molecule has 15 heavy (non-hydrogen) atoms. The molecule has 0 unspecified atom stereocenters. The maximum absolute atomic E-state index is 9.92. The van der Waals surface area contributed by atoms with E-state index in [-0.39, 0.29) is 0 Å². The molecule has 0 spiro atoms. The predicted octanol–water partition coefficient (Wildman–Crippen LogP) is 3.99. The van der Waals surface area contributed by atoms with Crippen molar-refractivity contribution in [2.24, 2.45) is 0 Å². The Hall–Kier alpha value is -1.37. The number of carbonyl (C=O) groups is 1. The lowest BCUT2D eigenvalue weighted by atomic mass is 10.2. The van der Waals surface area contributed by atoms with Gasteiger partial charge in [-0.2, -0.15) is 0 Å². The van der Waals surface area contributed by atoms with Crippen molar-refractivity contribution < 1.29 is 4.79 Å². The molecule has 0 aliphatic rings. The highest BCUT2D eigenvalue weighted by Crippen LogP contribution is 1.99. The van der Waals surface area contributed by atoms with Crippen LogP contribution in [0.3, 0.4) is 0 Å². The fraction of sp³-hybridized carbons (Fsp3) is 0.357. The van der Waals surface area contributed by atoms with Crippen molar-refractivity contribution in [2.45, 2.75) is 32.6 Å². The molecular formula is C14H20O. The van der Waals surface area contributed by atoms with Gasteiger partial charge in [0.05, 0.1) is 0 Å². The maximum Gasteiger partial charge on any atom is 0.142 e. The van der Waals surface area contributed by atoms with E-state index in [4.69, 9.17) is 0 Å². The number of unbranched alkanes of at least 4 members (excludes halogenated alkanes) is 3. The first-order valence-corrected chi connectivity index (χ1v) is 5.52. The van der Waals surface area contributed by atoms with Crippen LogP contribution in [0.4, 0.5) is 0 Å². The summed E-state index contributed by atoms with van der Waals surface area (Å²) in [6, 6.07) is 0. The predicted molar refractivity (Wildman–Crippen MR) is 66.8 cm³/mol. The standard InChI is InChI=1S/C14H20O/c1-2-3-4-5-6-7-8-9-10-11-12-13-14-15/h6-14H,2-5H2,1H3. The molecule has 0 N–H and O–H groups in total. The van der Waals surface area contributed by atoms with Crippen LogP contribution in [-0.4, -0.2) is 6.29 Å². The van der Waals surface area contributed by atoms with Crippen LogP contribution >= 0.6 is 0 Å². The largest absolute Gasteiger partial charge is 0.299 e. The molecule has 0 aliphatic carbocycles. The Labute approximate surface area is 92.9 Å². The van der Waals surface area contributed by atoms with E-state index >= 15 is 0 Å². The highest BCUT2D eigenvalue weighted by molar-refractivity contribution is 5.65. The summed E-state index contributed by atoms with van der Waals surface area (Å²) in [6.07, 6.45) is 20.9. The normalized spacial score (nSPS) is 12.6. The Kier molecular flexibility index (Phi) is 11.5. The molecule has 0 saturated carbocycles. The van der Waals surface area contributed by atoms with Gasteiger partial charge in [-0.15, -0.1) is 0 Å². The summed E-state index contributed by atoms with van der Waals surface area (Å²) in [7, 11) is 0. The van der Waals surface area contributed by atoms with E-state index in [1.807, 2.05) is 24.3 Å². The van der Waals surface area contributed by atoms with E-state index in [9.17, 15) is 4.79 Å². The smallest absolute Gasteiger partial charge is 0.142 e. The Bertz CT molecular complexity index is 244. The molecule has 0 heterocycles. The van der Waals surface area contributed by atoms with Gasteiger partial charge in [0, 0.05) is 0 Å². The third-order valence-corrected chi connectivity index (χ3v) is 1.86. The molecular weight excluding hydrogens is 184 g/mol. The van der Waals surface area contributed by atoms with Crippen LogP contribution in [0.1, 0.15) is 32.6 Å². The molecule has 1 heteroatoms. The van der Waals surface area contributed by atoms with Crippen molar-refractivity contribution in [3.05, 3.63) is 48.6 Å². The van der Waals surface area contributed by atoms with Crippen molar-refractivity contribution in [3.63, 3.8) is 0 Å². The van der Waals surface area contributed by atoms with Gasteiger partial charge >= 0.3 is 0 Å². The summed E-state index contributed by atoms with van der Waals surface area (Å²) in [5.41, 5.74) is 0. The zero-order valence-corrected chi connectivity index (χ0v) is 9.43. The Balaban J connectivity index is 3.48. The fourth-order valence-corrected chi connectivity index (χ4v) is 1.05. The molecule has 0 atom stereocenters. The van der Waals surface area contributed by atoms with Gasteiger partial charge in [0.25, 0.3) is 0 Å². The van der Waals surface area contributed by atoms with Crippen molar-refractivity contribution in [3.8, 4) is 0 Å². The van der Waals surface area contributed by atoms with Crippen molar-refractivity contribution in [1.82, 2.24) is 0 Å². The third kappa shape index (κ3) is 12.6. The number of rotatable bonds is 8. The lowest BCUT2D eigenvalue weighted by molar-refractivity contribution is -0.104. The minimum absolute atomic E-state index is 0.766. The van der Waals surface area contributed by atoms with Gasteiger partial charge in [-0.1, -0.05) is 62.3 Å². The number of allylic oxidation sites excluding steroid dienone is 8. The molecule has 0 saturated heterocycles. The minimum atomic E-state index is 0.766. The summed E-state index contributed by atoms with van der Waals surface area (Å²) < 4.78 is 0. The first-order chi connectivity index (χ1) is 7.41. The molecule has 1 nitrogen and oxygen atoms in total. The van der Waals surface area contributed by atoms with Crippen LogP contribution in [0, 0.1) is 0 Å². The average molecular weight is 204 g/mol. The highest BCUT2D eigenvalue weighted by atomic mass is 16.1. The molecule has 0 radical (unpaired) electrons. The zero-order chi connectivity index (χ0) is 11.2. The summed E-state index contributed by atoms with van der Waals surface area (Å²) in [5.74, 6) is 0. The lowest BCUT2D eigenvalue weighted by Crippen LogP contribution is -1.69. The summed E-state index contributed by atoms with van der Waals surface area (Å²) in [6.45, 7) is 2.21. The number of hydrogen-bond acceptors (Lipinski definition) is 1. The second-order valence-electron chi connectivity index (χ2n) is 3.21. The zero-order valence-electron chi connectivity index (χ0n) is 9.43. The Morgan fingerprint density at radius 2 is 1.40 bits per heavy atom. The highest BCUT2D eigenvalue weighted by Gasteiger charge is 1.79. The van der Waals surface area contributed by atoms with E-state index in [0.29, 0.717) is 0 Å². The molecule has 0 aromatic carbocycles. The summed E-state index contributed by atoms with van der Waals surface area (Å²) >= 11 is 0. The topological polar surface area (TPSA) is 17.1 Å². The SMILES string of the molecule is CCCCCC=CC=CC=CC=CC=O.